The van der Waals surface area contributed by atoms with Crippen LogP contribution in [-0.2, 0) is 28.5 Å². The van der Waals surface area contributed by atoms with Gasteiger partial charge in [-0.2, -0.15) is 0 Å². The molecule has 0 aromatic rings. The Morgan fingerprint density at radius 1 is 1.25 bits per heavy atom. The van der Waals surface area contributed by atoms with Gasteiger partial charge in [-0.25, -0.2) is 0 Å². The number of carbonyl (C=O) groups excluding carboxylic acids is 2. The Bertz CT molecular complexity index is 830. The van der Waals surface area contributed by atoms with Gasteiger partial charge < -0.3 is 24.1 Å². The molecule has 7 nitrogen and oxygen atoms in total. The molecule has 0 amide bonds. The molecule has 1 aliphatic heterocycles. The number of esters is 2. The lowest BCUT2D eigenvalue weighted by Gasteiger charge is -2.60. The van der Waals surface area contributed by atoms with Gasteiger partial charge in [0.1, 0.15) is 6.10 Å². The van der Waals surface area contributed by atoms with Gasteiger partial charge in [-0.15, -0.1) is 0 Å². The molecule has 2 fully saturated rings. The SMILES string of the molecule is C=C/C(C)=C/C[C@]1(C)[C@H](C)C[C@H](O)[C@]23C(=C[C@@H](OC(C)=O)C[C@@H]12)[C@@H](OC)O[C@H]3OC(C)=O. The van der Waals surface area contributed by atoms with E-state index in [1.165, 1.54) is 21.0 Å². The zero-order chi connectivity index (χ0) is 23.8. The molecule has 2 aliphatic carbocycles. The molecule has 32 heavy (non-hydrogen) atoms. The number of methoxy groups -OCH3 is 1. The first-order valence-electron chi connectivity index (χ1n) is 11.2. The first-order chi connectivity index (χ1) is 15.0. The van der Waals surface area contributed by atoms with Crippen molar-refractivity contribution in [2.45, 2.75) is 78.7 Å². The Kier molecular flexibility index (Phi) is 7.03. The van der Waals surface area contributed by atoms with Gasteiger partial charge in [0, 0.05) is 26.5 Å². The van der Waals surface area contributed by atoms with Crippen molar-refractivity contribution in [2.24, 2.45) is 22.7 Å². The summed E-state index contributed by atoms with van der Waals surface area (Å²) in [6, 6.07) is 0. The standard InChI is InChI=1S/C25H36O7/c1-8-14(2)9-10-24(6)15(3)11-21(28)25-19(12-18(13-20(24)25)30-16(4)26)22(29-7)32-23(25)31-17(5)27/h8-9,12,15,18,20-23,28H,1,10-11,13H2,2-7H3/b14-9+/t15-,18-,20+,21+,22+,23-,24-,25+/m1/s1. The van der Waals surface area contributed by atoms with Gasteiger partial charge in [-0.1, -0.05) is 38.2 Å². The zero-order valence-electron chi connectivity index (χ0n) is 19.9. The van der Waals surface area contributed by atoms with Crippen LogP contribution in [0, 0.1) is 22.7 Å². The first kappa shape index (κ1) is 24.7. The second kappa shape index (κ2) is 9.12. The highest BCUT2D eigenvalue weighted by molar-refractivity contribution is 5.67. The minimum absolute atomic E-state index is 0.152. The van der Waals surface area contributed by atoms with E-state index in [0.29, 0.717) is 18.4 Å². The van der Waals surface area contributed by atoms with Crippen molar-refractivity contribution < 1.29 is 33.6 Å². The summed E-state index contributed by atoms with van der Waals surface area (Å²) < 4.78 is 22.9. The molecular weight excluding hydrogens is 412 g/mol. The molecule has 1 saturated carbocycles. The predicted molar refractivity (Wildman–Crippen MR) is 118 cm³/mol. The van der Waals surface area contributed by atoms with Crippen LogP contribution in [0.25, 0.3) is 0 Å². The molecule has 0 radical (unpaired) electrons. The third-order valence-electron chi connectivity index (χ3n) is 7.84. The highest BCUT2D eigenvalue weighted by Crippen LogP contribution is 2.67. The van der Waals surface area contributed by atoms with Gasteiger partial charge in [0.05, 0.1) is 11.5 Å². The van der Waals surface area contributed by atoms with Crippen molar-refractivity contribution >= 4 is 11.9 Å². The van der Waals surface area contributed by atoms with Crippen LogP contribution >= 0.6 is 0 Å². The van der Waals surface area contributed by atoms with E-state index in [0.717, 1.165) is 12.0 Å². The van der Waals surface area contributed by atoms with E-state index in [-0.39, 0.29) is 23.2 Å². The van der Waals surface area contributed by atoms with Gasteiger partial charge in [0.15, 0.2) is 6.29 Å². The highest BCUT2D eigenvalue weighted by atomic mass is 16.8. The topological polar surface area (TPSA) is 91.3 Å². The minimum Gasteiger partial charge on any atom is -0.458 e. The summed E-state index contributed by atoms with van der Waals surface area (Å²) in [5, 5.41) is 11.5. The summed E-state index contributed by atoms with van der Waals surface area (Å²) >= 11 is 0. The van der Waals surface area contributed by atoms with E-state index in [1.807, 2.05) is 19.1 Å². The molecule has 8 atom stereocenters. The van der Waals surface area contributed by atoms with E-state index in [9.17, 15) is 14.7 Å². The van der Waals surface area contributed by atoms with E-state index in [2.05, 4.69) is 26.5 Å². The molecule has 0 aromatic heterocycles. The van der Waals surface area contributed by atoms with Crippen LogP contribution in [0.1, 0.15) is 53.9 Å². The lowest BCUT2D eigenvalue weighted by atomic mass is 9.45. The first-order valence-corrected chi connectivity index (χ1v) is 11.2. The number of hydrogen-bond acceptors (Lipinski definition) is 7. The molecular formula is C25H36O7. The Labute approximate surface area is 190 Å². The maximum Gasteiger partial charge on any atom is 0.304 e. The Hall–Kier alpha value is -1.96. The predicted octanol–water partition coefficient (Wildman–Crippen LogP) is 3.67. The third-order valence-corrected chi connectivity index (χ3v) is 7.84. The molecule has 3 aliphatic rings. The summed E-state index contributed by atoms with van der Waals surface area (Å²) in [6.07, 6.45) is 4.42. The van der Waals surface area contributed by atoms with Crippen LogP contribution in [0.4, 0.5) is 0 Å². The van der Waals surface area contributed by atoms with Crippen molar-refractivity contribution in [1.82, 2.24) is 0 Å². The van der Waals surface area contributed by atoms with E-state index < -0.39 is 36.2 Å². The van der Waals surface area contributed by atoms with Gasteiger partial charge in [-0.3, -0.25) is 9.59 Å². The molecule has 7 heteroatoms. The Balaban J connectivity index is 2.21. The van der Waals surface area contributed by atoms with Crippen molar-refractivity contribution in [3.63, 3.8) is 0 Å². The molecule has 1 N–H and O–H groups in total. The van der Waals surface area contributed by atoms with Crippen LogP contribution in [-0.4, -0.2) is 48.9 Å². The van der Waals surface area contributed by atoms with Crippen LogP contribution in [0.3, 0.4) is 0 Å². The summed E-state index contributed by atoms with van der Waals surface area (Å²) in [5.74, 6) is -0.913. The normalized spacial score (nSPS) is 41.2. The minimum atomic E-state index is -0.995. The van der Waals surface area contributed by atoms with Crippen molar-refractivity contribution in [1.29, 1.82) is 0 Å². The maximum absolute atomic E-state index is 12.0. The molecule has 178 valence electrons. The molecule has 3 rings (SSSR count). The number of allylic oxidation sites excluding steroid dienone is 3. The number of rotatable bonds is 6. The fourth-order valence-electron chi connectivity index (χ4n) is 6.02. The number of carbonyl (C=O) groups is 2. The maximum atomic E-state index is 12.0. The van der Waals surface area contributed by atoms with Crippen molar-refractivity contribution in [3.8, 4) is 0 Å². The molecule has 1 heterocycles. The average Bonchev–Trinajstić information content (AvgIpc) is 3.03. The van der Waals surface area contributed by atoms with E-state index >= 15 is 0 Å². The molecule has 0 bridgehead atoms. The molecule has 0 unspecified atom stereocenters. The average molecular weight is 449 g/mol. The summed E-state index contributed by atoms with van der Waals surface area (Å²) in [6.45, 7) is 12.9. The lowest BCUT2D eigenvalue weighted by Crippen LogP contribution is -2.63. The van der Waals surface area contributed by atoms with Crippen LogP contribution in [0.15, 0.2) is 36.0 Å². The van der Waals surface area contributed by atoms with Gasteiger partial charge >= 0.3 is 11.9 Å². The quantitative estimate of drug-likeness (QED) is 0.377. The summed E-state index contributed by atoms with van der Waals surface area (Å²) in [5.41, 5.74) is 0.464. The monoisotopic (exact) mass is 448 g/mol. The molecule has 1 saturated heterocycles. The molecule has 0 aromatic carbocycles. The number of aliphatic hydroxyl groups is 1. The zero-order valence-corrected chi connectivity index (χ0v) is 19.9. The lowest BCUT2D eigenvalue weighted by molar-refractivity contribution is -0.254. The Morgan fingerprint density at radius 3 is 2.47 bits per heavy atom. The van der Waals surface area contributed by atoms with Crippen molar-refractivity contribution in [2.75, 3.05) is 7.11 Å². The number of hydrogen-bond donors (Lipinski definition) is 1. The van der Waals surface area contributed by atoms with Crippen LogP contribution < -0.4 is 0 Å². The van der Waals surface area contributed by atoms with E-state index in [1.54, 1.807) is 0 Å². The smallest absolute Gasteiger partial charge is 0.304 e. The largest absolute Gasteiger partial charge is 0.458 e. The van der Waals surface area contributed by atoms with Crippen LogP contribution in [0.2, 0.25) is 0 Å². The Morgan fingerprint density at radius 2 is 1.91 bits per heavy atom. The second-order valence-corrected chi connectivity index (χ2v) is 9.65. The summed E-state index contributed by atoms with van der Waals surface area (Å²) in [4.78, 5) is 23.8. The van der Waals surface area contributed by atoms with Gasteiger partial charge in [0.25, 0.3) is 0 Å². The second-order valence-electron chi connectivity index (χ2n) is 9.65. The van der Waals surface area contributed by atoms with Gasteiger partial charge in [-0.05, 0) is 49.5 Å². The summed E-state index contributed by atoms with van der Waals surface area (Å²) in [7, 11) is 1.51. The van der Waals surface area contributed by atoms with Crippen LogP contribution in [0.5, 0.6) is 0 Å². The van der Waals surface area contributed by atoms with Crippen molar-refractivity contribution in [3.05, 3.63) is 36.0 Å². The fourth-order valence-corrected chi connectivity index (χ4v) is 6.02. The fraction of sp³-hybridized carbons (Fsp3) is 0.680. The van der Waals surface area contributed by atoms with Gasteiger partial charge in [0.2, 0.25) is 6.29 Å². The highest BCUT2D eigenvalue weighted by Gasteiger charge is 2.70. The third kappa shape index (κ3) is 3.95. The number of aliphatic hydroxyl groups excluding tert-OH is 1. The van der Waals surface area contributed by atoms with E-state index in [4.69, 9.17) is 18.9 Å². The number of ether oxygens (including phenoxy) is 4. The molecule has 1 spiro atoms.